The van der Waals surface area contributed by atoms with Crippen LogP contribution in [0.5, 0.6) is 0 Å². The fraction of sp³-hybridized carbons (Fsp3) is 0.500. The summed E-state index contributed by atoms with van der Waals surface area (Å²) in [6.07, 6.45) is 0.958. The quantitative estimate of drug-likeness (QED) is 0.776. The van der Waals surface area contributed by atoms with Gasteiger partial charge in [0.2, 0.25) is 10.0 Å². The summed E-state index contributed by atoms with van der Waals surface area (Å²) in [4.78, 5) is 0.171. The first-order chi connectivity index (χ1) is 7.96. The van der Waals surface area contributed by atoms with Gasteiger partial charge in [-0.15, -0.1) is 0 Å². The van der Waals surface area contributed by atoms with E-state index in [1.807, 2.05) is 13.8 Å². The molecule has 2 rings (SSSR count). The lowest BCUT2D eigenvalue weighted by molar-refractivity contribution is 0.485. The maximum Gasteiger partial charge on any atom is 0.243 e. The summed E-state index contributed by atoms with van der Waals surface area (Å²) in [6.45, 7) is 4.67. The standard InChI is InChI=1S/C12H16FNO2S/c1-3-9(2)12-8-14(12)17(15,16)11-6-4-10(13)5-7-11/h4-7,9,12H,3,8H2,1-2H3/t9-,12+,14?/m0/s1. The molecule has 1 fully saturated rings. The van der Waals surface area contributed by atoms with Gasteiger partial charge in [-0.2, -0.15) is 4.31 Å². The van der Waals surface area contributed by atoms with Crippen molar-refractivity contribution in [3.05, 3.63) is 30.1 Å². The van der Waals surface area contributed by atoms with Crippen LogP contribution in [0.25, 0.3) is 0 Å². The van der Waals surface area contributed by atoms with E-state index in [0.717, 1.165) is 6.42 Å². The van der Waals surface area contributed by atoms with E-state index in [-0.39, 0.29) is 10.9 Å². The van der Waals surface area contributed by atoms with Crippen LogP contribution in [0.3, 0.4) is 0 Å². The number of rotatable bonds is 4. The molecule has 1 aromatic rings. The molecule has 3 atom stereocenters. The first-order valence-electron chi connectivity index (χ1n) is 5.74. The molecular weight excluding hydrogens is 241 g/mol. The highest BCUT2D eigenvalue weighted by Gasteiger charge is 2.46. The van der Waals surface area contributed by atoms with Crippen LogP contribution in [0.15, 0.2) is 29.2 Å². The van der Waals surface area contributed by atoms with Gasteiger partial charge in [-0.25, -0.2) is 12.8 Å². The maximum absolute atomic E-state index is 12.7. The van der Waals surface area contributed by atoms with E-state index in [0.29, 0.717) is 12.5 Å². The number of halogens is 1. The van der Waals surface area contributed by atoms with Gasteiger partial charge in [0.25, 0.3) is 0 Å². The van der Waals surface area contributed by atoms with Gasteiger partial charge in [0.05, 0.1) is 4.90 Å². The van der Waals surface area contributed by atoms with E-state index in [2.05, 4.69) is 0 Å². The molecule has 1 aliphatic heterocycles. The summed E-state index contributed by atoms with van der Waals surface area (Å²) in [5, 5.41) is 0. The van der Waals surface area contributed by atoms with Crippen LogP contribution in [0.2, 0.25) is 0 Å². The van der Waals surface area contributed by atoms with Gasteiger partial charge in [-0.05, 0) is 30.2 Å². The summed E-state index contributed by atoms with van der Waals surface area (Å²) in [6, 6.07) is 5.09. The maximum atomic E-state index is 12.7. The summed E-state index contributed by atoms with van der Waals surface area (Å²) in [5.74, 6) is -0.0570. The third-order valence-corrected chi connectivity index (χ3v) is 5.23. The fourth-order valence-electron chi connectivity index (χ4n) is 1.89. The first-order valence-corrected chi connectivity index (χ1v) is 7.18. The number of benzene rings is 1. The van der Waals surface area contributed by atoms with Crippen LogP contribution in [0, 0.1) is 11.7 Å². The monoisotopic (exact) mass is 257 g/mol. The van der Waals surface area contributed by atoms with E-state index in [1.54, 1.807) is 0 Å². The molecule has 1 unspecified atom stereocenters. The van der Waals surface area contributed by atoms with Crippen LogP contribution in [0.1, 0.15) is 20.3 Å². The molecule has 0 saturated carbocycles. The minimum Gasteiger partial charge on any atom is -0.207 e. The molecule has 0 aromatic heterocycles. The minimum absolute atomic E-state index is 0.107. The van der Waals surface area contributed by atoms with E-state index in [9.17, 15) is 12.8 Å². The molecule has 3 nitrogen and oxygen atoms in total. The molecule has 17 heavy (non-hydrogen) atoms. The lowest BCUT2D eigenvalue weighted by Gasteiger charge is -2.09. The lowest BCUT2D eigenvalue weighted by atomic mass is 10.1. The smallest absolute Gasteiger partial charge is 0.207 e. The normalized spacial score (nSPS) is 25.6. The highest BCUT2D eigenvalue weighted by Crippen LogP contribution is 2.34. The Bertz CT molecular complexity index is 498. The van der Waals surface area contributed by atoms with E-state index in [4.69, 9.17) is 0 Å². The zero-order valence-corrected chi connectivity index (χ0v) is 10.7. The van der Waals surface area contributed by atoms with Crippen molar-refractivity contribution in [3.63, 3.8) is 0 Å². The number of hydrogen-bond acceptors (Lipinski definition) is 2. The molecule has 1 aromatic carbocycles. The van der Waals surface area contributed by atoms with Crippen molar-refractivity contribution in [3.8, 4) is 0 Å². The largest absolute Gasteiger partial charge is 0.243 e. The Morgan fingerprint density at radius 3 is 2.53 bits per heavy atom. The zero-order valence-electron chi connectivity index (χ0n) is 9.93. The zero-order chi connectivity index (χ0) is 12.6. The Kier molecular flexibility index (Phi) is 3.23. The molecule has 1 aliphatic rings. The highest BCUT2D eigenvalue weighted by atomic mass is 32.2. The molecule has 1 saturated heterocycles. The molecule has 1 heterocycles. The lowest BCUT2D eigenvalue weighted by Crippen LogP contribution is -2.17. The Labute approximate surface area is 101 Å². The molecule has 0 N–H and O–H groups in total. The average molecular weight is 257 g/mol. The second kappa shape index (κ2) is 4.38. The van der Waals surface area contributed by atoms with Gasteiger partial charge in [0, 0.05) is 12.6 Å². The third-order valence-electron chi connectivity index (χ3n) is 3.32. The van der Waals surface area contributed by atoms with Crippen molar-refractivity contribution in [1.29, 1.82) is 0 Å². The molecule has 0 spiro atoms. The molecule has 94 valence electrons. The van der Waals surface area contributed by atoms with Crippen molar-refractivity contribution in [1.82, 2.24) is 4.31 Å². The van der Waals surface area contributed by atoms with Gasteiger partial charge in [-0.3, -0.25) is 0 Å². The van der Waals surface area contributed by atoms with Crippen LogP contribution in [-0.4, -0.2) is 25.3 Å². The second-order valence-electron chi connectivity index (χ2n) is 4.48. The summed E-state index contributed by atoms with van der Waals surface area (Å²) < 4.78 is 38.5. The van der Waals surface area contributed by atoms with Crippen molar-refractivity contribution in [2.45, 2.75) is 31.2 Å². The van der Waals surface area contributed by atoms with Crippen molar-refractivity contribution in [2.75, 3.05) is 6.54 Å². The first kappa shape index (κ1) is 12.5. The average Bonchev–Trinajstić information content (AvgIpc) is 3.09. The molecular formula is C12H16FNO2S. The molecule has 0 bridgehead atoms. The molecule has 0 amide bonds. The summed E-state index contributed by atoms with van der Waals surface area (Å²) >= 11 is 0. The molecule has 0 radical (unpaired) electrons. The number of nitrogens with zero attached hydrogens (tertiary/aromatic N) is 1. The molecule has 0 aliphatic carbocycles. The van der Waals surface area contributed by atoms with Crippen LogP contribution in [0.4, 0.5) is 4.39 Å². The summed E-state index contributed by atoms with van der Waals surface area (Å²) in [7, 11) is -3.42. The van der Waals surface area contributed by atoms with Gasteiger partial charge in [0.15, 0.2) is 0 Å². The van der Waals surface area contributed by atoms with E-state index in [1.165, 1.54) is 28.6 Å². The van der Waals surface area contributed by atoms with Gasteiger partial charge < -0.3 is 0 Å². The van der Waals surface area contributed by atoms with Crippen LogP contribution < -0.4 is 0 Å². The minimum atomic E-state index is -3.42. The van der Waals surface area contributed by atoms with Crippen LogP contribution >= 0.6 is 0 Å². The second-order valence-corrected chi connectivity index (χ2v) is 6.37. The third kappa shape index (κ3) is 2.35. The van der Waals surface area contributed by atoms with E-state index >= 15 is 0 Å². The molecule has 5 heteroatoms. The van der Waals surface area contributed by atoms with Crippen molar-refractivity contribution >= 4 is 10.0 Å². The Balaban J connectivity index is 2.19. The Morgan fingerprint density at radius 2 is 2.00 bits per heavy atom. The Morgan fingerprint density at radius 1 is 1.41 bits per heavy atom. The highest BCUT2D eigenvalue weighted by molar-refractivity contribution is 7.89. The predicted octanol–water partition coefficient (Wildman–Crippen LogP) is 2.24. The van der Waals surface area contributed by atoms with Crippen LogP contribution in [-0.2, 0) is 10.0 Å². The van der Waals surface area contributed by atoms with Gasteiger partial charge in [-0.1, -0.05) is 20.3 Å². The van der Waals surface area contributed by atoms with Crippen molar-refractivity contribution < 1.29 is 12.8 Å². The fourth-order valence-corrected chi connectivity index (χ4v) is 3.56. The SMILES string of the molecule is CC[C@H](C)[C@H]1CN1S(=O)(=O)c1ccc(F)cc1. The predicted molar refractivity (Wildman–Crippen MR) is 63.5 cm³/mol. The topological polar surface area (TPSA) is 37.1 Å². The van der Waals surface area contributed by atoms with Crippen molar-refractivity contribution in [2.24, 2.45) is 5.92 Å². The van der Waals surface area contributed by atoms with Gasteiger partial charge >= 0.3 is 0 Å². The van der Waals surface area contributed by atoms with E-state index < -0.39 is 15.8 Å². The van der Waals surface area contributed by atoms with Gasteiger partial charge in [0.1, 0.15) is 5.82 Å². The number of sulfonamides is 1. The Hall–Kier alpha value is -0.940. The number of hydrogen-bond donors (Lipinski definition) is 0. The summed E-state index contributed by atoms with van der Waals surface area (Å²) in [5.41, 5.74) is 0.